The molecule has 0 unspecified atom stereocenters. The Kier molecular flexibility index (Phi) is 4.98. The number of ether oxygens (including phenoxy) is 1. The molecule has 0 aliphatic rings. The molecule has 1 N–H and O–H groups in total. The normalized spacial score (nSPS) is 10.0. The Bertz CT molecular complexity index is 355. The highest BCUT2D eigenvalue weighted by Gasteiger charge is 2.11. The van der Waals surface area contributed by atoms with E-state index in [1.54, 1.807) is 23.9 Å². The summed E-state index contributed by atoms with van der Waals surface area (Å²) in [5.41, 5.74) is 0.194. The number of carboxylic acids is 1. The van der Waals surface area contributed by atoms with Gasteiger partial charge in [0, 0.05) is 10.2 Å². The molecular weight excluding hydrogens is 280 g/mol. The van der Waals surface area contributed by atoms with Gasteiger partial charge in [-0.05, 0) is 24.5 Å². The summed E-state index contributed by atoms with van der Waals surface area (Å²) >= 11 is 4.93. The van der Waals surface area contributed by atoms with Crippen molar-refractivity contribution >= 4 is 33.7 Å². The van der Waals surface area contributed by atoms with Gasteiger partial charge in [-0.1, -0.05) is 15.9 Å². The molecule has 0 fully saturated rings. The zero-order chi connectivity index (χ0) is 11.3. The molecule has 0 bridgehead atoms. The summed E-state index contributed by atoms with van der Waals surface area (Å²) in [6.07, 6.45) is 1.97. The van der Waals surface area contributed by atoms with E-state index in [9.17, 15) is 4.79 Å². The quantitative estimate of drug-likeness (QED) is 0.847. The zero-order valence-electron chi connectivity index (χ0n) is 8.20. The van der Waals surface area contributed by atoms with E-state index in [2.05, 4.69) is 15.9 Å². The van der Waals surface area contributed by atoms with Crippen LogP contribution in [0, 0.1) is 0 Å². The fourth-order valence-electron chi connectivity index (χ4n) is 1.03. The smallest absolute Gasteiger partial charge is 0.339 e. The Balaban J connectivity index is 2.82. The average molecular weight is 291 g/mol. The maximum Gasteiger partial charge on any atom is 0.339 e. The molecule has 0 aromatic heterocycles. The molecule has 1 rings (SSSR count). The van der Waals surface area contributed by atoms with E-state index < -0.39 is 5.97 Å². The summed E-state index contributed by atoms with van der Waals surface area (Å²) in [5, 5.41) is 8.91. The van der Waals surface area contributed by atoms with Crippen LogP contribution in [-0.4, -0.2) is 29.7 Å². The molecule has 0 heterocycles. The maximum atomic E-state index is 10.9. The molecule has 0 saturated carbocycles. The van der Waals surface area contributed by atoms with Gasteiger partial charge in [0.2, 0.25) is 0 Å². The average Bonchev–Trinajstić information content (AvgIpc) is 2.18. The summed E-state index contributed by atoms with van der Waals surface area (Å²) in [4.78, 5) is 10.9. The molecule has 1 aromatic rings. The number of halogens is 1. The Hall–Kier alpha value is -0.680. The van der Waals surface area contributed by atoms with Gasteiger partial charge < -0.3 is 9.84 Å². The highest BCUT2D eigenvalue weighted by atomic mass is 79.9. The lowest BCUT2D eigenvalue weighted by Crippen LogP contribution is -2.05. The van der Waals surface area contributed by atoms with Crippen LogP contribution in [0.25, 0.3) is 0 Å². The lowest BCUT2D eigenvalue weighted by Gasteiger charge is -2.08. The fourth-order valence-corrected chi connectivity index (χ4v) is 1.62. The van der Waals surface area contributed by atoms with Crippen LogP contribution in [0.15, 0.2) is 22.7 Å². The van der Waals surface area contributed by atoms with Gasteiger partial charge in [0.15, 0.2) is 0 Å². The standard InChI is InChI=1S/C10H11BrO3S/c1-15-5-4-14-9-6-7(11)2-3-8(9)10(12)13/h2-3,6H,4-5H2,1H3,(H,12,13). The highest BCUT2D eigenvalue weighted by molar-refractivity contribution is 9.10. The summed E-state index contributed by atoms with van der Waals surface area (Å²) < 4.78 is 6.20. The Morgan fingerprint density at radius 1 is 1.60 bits per heavy atom. The van der Waals surface area contributed by atoms with Crippen LogP contribution in [-0.2, 0) is 0 Å². The number of rotatable bonds is 5. The van der Waals surface area contributed by atoms with Crippen molar-refractivity contribution in [2.75, 3.05) is 18.6 Å². The van der Waals surface area contributed by atoms with E-state index in [0.29, 0.717) is 12.4 Å². The zero-order valence-corrected chi connectivity index (χ0v) is 10.6. The number of carbonyl (C=O) groups is 1. The highest BCUT2D eigenvalue weighted by Crippen LogP contribution is 2.23. The van der Waals surface area contributed by atoms with Gasteiger partial charge in [0.1, 0.15) is 11.3 Å². The van der Waals surface area contributed by atoms with Gasteiger partial charge >= 0.3 is 5.97 Å². The lowest BCUT2D eigenvalue weighted by molar-refractivity contribution is 0.0692. The van der Waals surface area contributed by atoms with Gasteiger partial charge in [-0.3, -0.25) is 0 Å². The number of aromatic carboxylic acids is 1. The third-order valence-electron chi connectivity index (χ3n) is 1.72. The van der Waals surface area contributed by atoms with Gasteiger partial charge in [0.05, 0.1) is 6.61 Å². The number of benzene rings is 1. The van der Waals surface area contributed by atoms with E-state index in [-0.39, 0.29) is 5.56 Å². The number of hydrogen-bond donors (Lipinski definition) is 1. The first-order valence-corrected chi connectivity index (χ1v) is 6.48. The first kappa shape index (κ1) is 12.4. The predicted octanol–water partition coefficient (Wildman–Crippen LogP) is 2.89. The molecular formula is C10H11BrO3S. The monoisotopic (exact) mass is 290 g/mol. The minimum atomic E-state index is -0.971. The van der Waals surface area contributed by atoms with Crippen LogP contribution >= 0.6 is 27.7 Å². The largest absolute Gasteiger partial charge is 0.492 e. The van der Waals surface area contributed by atoms with Crippen LogP contribution in [0.4, 0.5) is 0 Å². The first-order valence-electron chi connectivity index (χ1n) is 4.29. The van der Waals surface area contributed by atoms with Gasteiger partial charge in [-0.25, -0.2) is 4.79 Å². The van der Waals surface area contributed by atoms with Crippen molar-refractivity contribution in [2.24, 2.45) is 0 Å². The van der Waals surface area contributed by atoms with Crippen LogP contribution in [0.3, 0.4) is 0 Å². The molecule has 3 nitrogen and oxygen atoms in total. The number of thioether (sulfide) groups is 1. The summed E-state index contributed by atoms with van der Waals surface area (Å²) in [6, 6.07) is 4.88. The Morgan fingerprint density at radius 2 is 2.33 bits per heavy atom. The predicted molar refractivity (Wildman–Crippen MR) is 65.0 cm³/mol. The Morgan fingerprint density at radius 3 is 2.93 bits per heavy atom. The van der Waals surface area contributed by atoms with Gasteiger partial charge in [-0.2, -0.15) is 11.8 Å². The second kappa shape index (κ2) is 6.02. The second-order valence-corrected chi connectivity index (χ2v) is 4.69. The van der Waals surface area contributed by atoms with E-state index in [1.165, 1.54) is 6.07 Å². The van der Waals surface area contributed by atoms with E-state index in [1.807, 2.05) is 6.26 Å². The van der Waals surface area contributed by atoms with E-state index in [4.69, 9.17) is 9.84 Å². The molecule has 0 amide bonds. The molecule has 0 spiro atoms. The summed E-state index contributed by atoms with van der Waals surface area (Å²) in [6.45, 7) is 0.512. The summed E-state index contributed by atoms with van der Waals surface area (Å²) in [7, 11) is 0. The maximum absolute atomic E-state index is 10.9. The van der Waals surface area contributed by atoms with Crippen molar-refractivity contribution in [1.29, 1.82) is 0 Å². The summed E-state index contributed by atoms with van der Waals surface area (Å²) in [5.74, 6) is 0.276. The lowest BCUT2D eigenvalue weighted by atomic mass is 10.2. The molecule has 0 aliphatic carbocycles. The van der Waals surface area contributed by atoms with E-state index >= 15 is 0 Å². The van der Waals surface area contributed by atoms with Crippen LogP contribution < -0.4 is 4.74 Å². The third-order valence-corrected chi connectivity index (χ3v) is 2.79. The SMILES string of the molecule is CSCCOc1cc(Br)ccc1C(=O)O. The minimum absolute atomic E-state index is 0.194. The molecule has 0 atom stereocenters. The van der Waals surface area contributed by atoms with Crippen LogP contribution in [0.5, 0.6) is 5.75 Å². The third kappa shape index (κ3) is 3.76. The molecule has 0 aliphatic heterocycles. The van der Waals surface area contributed by atoms with Crippen molar-refractivity contribution in [3.63, 3.8) is 0 Å². The second-order valence-electron chi connectivity index (χ2n) is 2.79. The van der Waals surface area contributed by atoms with Crippen LogP contribution in [0.2, 0.25) is 0 Å². The van der Waals surface area contributed by atoms with Gasteiger partial charge in [0.25, 0.3) is 0 Å². The molecule has 5 heteroatoms. The van der Waals surface area contributed by atoms with E-state index in [0.717, 1.165) is 10.2 Å². The van der Waals surface area contributed by atoms with Crippen molar-refractivity contribution in [2.45, 2.75) is 0 Å². The van der Waals surface area contributed by atoms with Crippen molar-refractivity contribution < 1.29 is 14.6 Å². The van der Waals surface area contributed by atoms with Crippen LogP contribution in [0.1, 0.15) is 10.4 Å². The minimum Gasteiger partial charge on any atom is -0.492 e. The van der Waals surface area contributed by atoms with Crippen molar-refractivity contribution in [1.82, 2.24) is 0 Å². The molecule has 15 heavy (non-hydrogen) atoms. The van der Waals surface area contributed by atoms with Crippen molar-refractivity contribution in [3.8, 4) is 5.75 Å². The number of hydrogen-bond acceptors (Lipinski definition) is 3. The number of carboxylic acid groups (broad SMARTS) is 1. The first-order chi connectivity index (χ1) is 7.15. The van der Waals surface area contributed by atoms with Crippen molar-refractivity contribution in [3.05, 3.63) is 28.2 Å². The Labute approximate surface area is 101 Å². The molecule has 82 valence electrons. The molecule has 1 aromatic carbocycles. The molecule has 0 saturated heterocycles. The topological polar surface area (TPSA) is 46.5 Å². The van der Waals surface area contributed by atoms with Gasteiger partial charge in [-0.15, -0.1) is 0 Å². The molecule has 0 radical (unpaired) electrons. The fraction of sp³-hybridized carbons (Fsp3) is 0.300.